The van der Waals surface area contributed by atoms with E-state index in [1.54, 1.807) is 9.80 Å². The number of anilines is 2. The third-order valence-electron chi connectivity index (χ3n) is 6.83. The van der Waals surface area contributed by atoms with Crippen LogP contribution in [0.25, 0.3) is 21.8 Å². The Morgan fingerprint density at radius 3 is 1.62 bits per heavy atom. The zero-order valence-electron chi connectivity index (χ0n) is 26.5. The lowest BCUT2D eigenvalue weighted by Gasteiger charge is -2.24. The number of nitrogens with zero attached hydrogens (tertiary/aromatic N) is 2. The van der Waals surface area contributed by atoms with Crippen LogP contribution in [0.5, 0.6) is 0 Å². The van der Waals surface area contributed by atoms with E-state index in [-0.39, 0.29) is 24.5 Å². The van der Waals surface area contributed by atoms with Crippen LogP contribution in [0.15, 0.2) is 42.6 Å². The Bertz CT molecular complexity index is 1730. The number of amides is 2. The highest BCUT2D eigenvalue weighted by Crippen LogP contribution is 2.36. The maximum atomic E-state index is 12.3. The summed E-state index contributed by atoms with van der Waals surface area (Å²) in [7, 11) is 0. The molecule has 238 valence electrons. The molecule has 2 N–H and O–H groups in total. The van der Waals surface area contributed by atoms with E-state index in [4.69, 9.17) is 28.7 Å². The molecular formula is C33H38N4O8. The zero-order chi connectivity index (χ0) is 33.5. The number of ether oxygens (including phenoxy) is 2. The summed E-state index contributed by atoms with van der Waals surface area (Å²) in [4.78, 5) is 67.0. The van der Waals surface area contributed by atoms with E-state index in [1.165, 1.54) is 21.9 Å². The monoisotopic (exact) mass is 618 g/mol. The second kappa shape index (κ2) is 14.1. The molecule has 0 spiro atoms. The fourth-order valence-corrected chi connectivity index (χ4v) is 5.31. The molecule has 12 nitrogen and oxygen atoms in total. The molecule has 0 saturated carbocycles. The van der Waals surface area contributed by atoms with Crippen molar-refractivity contribution in [3.05, 3.63) is 59.4 Å². The van der Waals surface area contributed by atoms with Gasteiger partial charge in [-0.05, 0) is 109 Å². The van der Waals surface area contributed by atoms with Crippen LogP contribution in [0.1, 0.15) is 58.4 Å². The molecule has 2 aliphatic rings. The van der Waals surface area contributed by atoms with Crippen LogP contribution >= 0.6 is 0 Å². The van der Waals surface area contributed by atoms with Crippen molar-refractivity contribution in [2.75, 3.05) is 22.9 Å². The quantitative estimate of drug-likeness (QED) is 0.240. The molecule has 0 bridgehead atoms. The highest BCUT2D eigenvalue weighted by atomic mass is 16.6. The average molecular weight is 619 g/mol. The molecule has 45 heavy (non-hydrogen) atoms. The van der Waals surface area contributed by atoms with Gasteiger partial charge in [0.2, 0.25) is 0 Å². The molecule has 12 heteroatoms. The number of aromatic nitrogens is 2. The van der Waals surface area contributed by atoms with Crippen LogP contribution < -0.4 is 9.80 Å². The van der Waals surface area contributed by atoms with Gasteiger partial charge < -0.3 is 19.4 Å². The van der Waals surface area contributed by atoms with Crippen molar-refractivity contribution in [1.29, 1.82) is 0 Å². The Kier molecular flexibility index (Phi) is 10.7. The van der Waals surface area contributed by atoms with Crippen molar-refractivity contribution in [2.24, 2.45) is 0 Å². The normalized spacial score (nSPS) is 13.1. The number of benzene rings is 2. The molecule has 2 amide bonds. The lowest BCUT2D eigenvalue weighted by molar-refractivity contribution is -0.193. The van der Waals surface area contributed by atoms with Gasteiger partial charge in [-0.2, -0.15) is 19.2 Å². The predicted octanol–water partition coefficient (Wildman–Crippen LogP) is 6.07. The molecule has 2 aromatic carbocycles. The summed E-state index contributed by atoms with van der Waals surface area (Å²) in [5.41, 5.74) is 6.88. The average Bonchev–Trinajstić information content (AvgIpc) is 3.71. The minimum atomic E-state index is -0.464. The summed E-state index contributed by atoms with van der Waals surface area (Å²) >= 11 is 0. The van der Waals surface area contributed by atoms with E-state index >= 15 is 0 Å². The lowest BCUT2D eigenvalue weighted by atomic mass is 10.1. The summed E-state index contributed by atoms with van der Waals surface area (Å²) in [6, 6.07) is 12.2. The van der Waals surface area contributed by atoms with Crippen LogP contribution in [-0.2, 0) is 41.5 Å². The number of H-pyrrole nitrogens is 2. The van der Waals surface area contributed by atoms with Gasteiger partial charge in [0.1, 0.15) is 11.2 Å². The van der Waals surface area contributed by atoms with Crippen molar-refractivity contribution in [3.63, 3.8) is 0 Å². The minimum absolute atomic E-state index is 0.250. The van der Waals surface area contributed by atoms with Crippen molar-refractivity contribution in [3.8, 4) is 0 Å². The van der Waals surface area contributed by atoms with Crippen LogP contribution in [0.3, 0.4) is 0 Å². The van der Waals surface area contributed by atoms with Gasteiger partial charge in [0.15, 0.2) is 0 Å². The van der Waals surface area contributed by atoms with Crippen LogP contribution in [0.2, 0.25) is 0 Å². The van der Waals surface area contributed by atoms with Gasteiger partial charge >= 0.3 is 24.5 Å². The second-order valence-corrected chi connectivity index (χ2v) is 12.4. The smallest absolute Gasteiger partial charge is 0.414 e. The molecule has 4 heterocycles. The third-order valence-corrected chi connectivity index (χ3v) is 6.83. The highest BCUT2D eigenvalue weighted by molar-refractivity contribution is 5.98. The molecule has 0 saturated heterocycles. The van der Waals surface area contributed by atoms with E-state index < -0.39 is 11.2 Å². The number of hydrogen-bond acceptors (Lipinski definition) is 8. The van der Waals surface area contributed by atoms with Crippen molar-refractivity contribution >= 4 is 57.7 Å². The number of carbonyl (C=O) groups excluding carboxylic acids is 6. The number of aromatic amines is 2. The topological polar surface area (TPSA) is 159 Å². The van der Waals surface area contributed by atoms with E-state index in [1.807, 2.05) is 78.9 Å². The first-order valence-electron chi connectivity index (χ1n) is 14.3. The molecule has 0 unspecified atom stereocenters. The first-order chi connectivity index (χ1) is 21.1. The van der Waals surface area contributed by atoms with Crippen molar-refractivity contribution < 1.29 is 38.2 Å². The van der Waals surface area contributed by atoms with Crippen molar-refractivity contribution in [1.82, 2.24) is 9.97 Å². The Hall–Kier alpha value is -5.18. The molecular weight excluding hydrogens is 580 g/mol. The summed E-state index contributed by atoms with van der Waals surface area (Å²) < 4.78 is 10.9. The fourth-order valence-electron chi connectivity index (χ4n) is 5.31. The highest BCUT2D eigenvalue weighted by Gasteiger charge is 2.31. The Labute approximate surface area is 260 Å². The van der Waals surface area contributed by atoms with Crippen molar-refractivity contribution in [2.45, 2.75) is 72.5 Å². The van der Waals surface area contributed by atoms with Gasteiger partial charge in [0.05, 0.1) is 11.4 Å². The van der Waals surface area contributed by atoms with Gasteiger partial charge in [-0.1, -0.05) is 0 Å². The Morgan fingerprint density at radius 2 is 1.16 bits per heavy atom. The summed E-state index contributed by atoms with van der Waals surface area (Å²) in [5, 5.41) is 2.41. The molecule has 4 aromatic rings. The summed E-state index contributed by atoms with van der Waals surface area (Å²) in [6.45, 7) is 14.8. The van der Waals surface area contributed by atoms with Gasteiger partial charge in [0, 0.05) is 46.8 Å². The largest absolute Gasteiger partial charge is 0.443 e. The van der Waals surface area contributed by atoms with E-state index in [9.17, 15) is 9.59 Å². The molecule has 2 aromatic heterocycles. The van der Waals surface area contributed by atoms with Gasteiger partial charge in [-0.15, -0.1) is 0 Å². The lowest BCUT2D eigenvalue weighted by Crippen LogP contribution is -2.35. The number of carbonyl (C=O) groups is 2. The van der Waals surface area contributed by atoms with Gasteiger partial charge in [-0.25, -0.2) is 9.59 Å². The minimum Gasteiger partial charge on any atom is -0.443 e. The van der Waals surface area contributed by atoms with E-state index in [0.29, 0.717) is 13.1 Å². The van der Waals surface area contributed by atoms with E-state index in [2.05, 4.69) is 22.1 Å². The molecule has 0 fully saturated rings. The van der Waals surface area contributed by atoms with Crippen LogP contribution in [0.4, 0.5) is 21.0 Å². The third kappa shape index (κ3) is 8.47. The fraction of sp³-hybridized carbons (Fsp3) is 0.394. The van der Waals surface area contributed by atoms with Crippen LogP contribution in [-0.4, -0.2) is 58.7 Å². The first kappa shape index (κ1) is 34.3. The number of fused-ring (bicyclic) bond motifs is 6. The molecule has 2 aliphatic heterocycles. The summed E-state index contributed by atoms with van der Waals surface area (Å²) in [6.07, 6.45) is 3.66. The maximum Gasteiger partial charge on any atom is 0.414 e. The predicted molar refractivity (Wildman–Crippen MR) is 166 cm³/mol. The number of nitrogens with one attached hydrogen (secondary N) is 2. The Morgan fingerprint density at radius 1 is 0.711 bits per heavy atom. The molecule has 0 atom stereocenters. The SMILES string of the molecule is CC(C)(C)OC(=O)N1CCc2c1ccc1[nH]ccc21.Cc1cc2c3c(ccc2[nH]1)N(C(=O)OC(C)(C)C)CC3.O=C=O.O=C=O. The number of hydrogen-bond donors (Lipinski definition) is 2. The standard InChI is InChI=1S/C16H20N2O2.C15H18N2O2.2CO2/c1-10-9-12-11-7-8-18(15(19)20-16(2,3)4)14(11)6-5-13(12)17-10;1-15(2,3)19-14(18)17-9-7-11-10-6-8-16-12(10)4-5-13(11)17;2*2-1-3/h5-6,9,17H,7-8H2,1-4H3;4-6,8,16H,7,9H2,1-3H3;;. The molecule has 0 aliphatic carbocycles. The zero-order valence-corrected chi connectivity index (χ0v) is 26.5. The molecule has 6 rings (SSSR count). The van der Waals surface area contributed by atoms with Gasteiger partial charge in [0.25, 0.3) is 0 Å². The maximum absolute atomic E-state index is 12.3. The second-order valence-electron chi connectivity index (χ2n) is 12.4. The Balaban J connectivity index is 0.000000209. The number of rotatable bonds is 0. The van der Waals surface area contributed by atoms with Gasteiger partial charge in [-0.3, -0.25) is 9.80 Å². The first-order valence-corrected chi connectivity index (χ1v) is 14.3. The van der Waals surface area contributed by atoms with E-state index in [0.717, 1.165) is 40.9 Å². The van der Waals surface area contributed by atoms with Crippen LogP contribution in [0, 0.1) is 6.92 Å². The summed E-state index contributed by atoms with van der Waals surface area (Å²) in [5.74, 6) is 0. The molecule has 0 radical (unpaired) electrons. The number of aryl methyl sites for hydroxylation is 1.